The van der Waals surface area contributed by atoms with Gasteiger partial charge in [0, 0.05) is 18.8 Å². The Kier molecular flexibility index (Phi) is 2.80. The quantitative estimate of drug-likeness (QED) is 0.790. The summed E-state index contributed by atoms with van der Waals surface area (Å²) in [7, 11) is 0. The molecule has 0 aliphatic carbocycles. The summed E-state index contributed by atoms with van der Waals surface area (Å²) in [4.78, 5) is 0. The highest BCUT2D eigenvalue weighted by atomic mass is 16.5. The Balaban J connectivity index is 1.82. The molecule has 0 amide bonds. The number of hydrogen-bond acceptors (Lipinski definition) is 3. The maximum atomic E-state index is 5.40. The van der Waals surface area contributed by atoms with E-state index in [0.29, 0.717) is 6.04 Å². The molecule has 0 aromatic heterocycles. The van der Waals surface area contributed by atoms with Crippen LogP contribution in [0.1, 0.15) is 17.5 Å². The molecule has 3 heteroatoms. The Bertz CT molecular complexity index is 372. The molecule has 0 bridgehead atoms. The van der Waals surface area contributed by atoms with Crippen molar-refractivity contribution < 1.29 is 4.74 Å². The molecule has 2 aliphatic heterocycles. The van der Waals surface area contributed by atoms with Crippen LogP contribution in [0.3, 0.4) is 0 Å². The number of fused-ring (bicyclic) bond motifs is 1. The molecule has 16 heavy (non-hydrogen) atoms. The maximum Gasteiger partial charge on any atom is 0.0668 e. The molecule has 1 saturated heterocycles. The molecule has 0 saturated carbocycles. The smallest absolute Gasteiger partial charge is 0.0668 e. The zero-order valence-corrected chi connectivity index (χ0v) is 9.46. The van der Waals surface area contributed by atoms with Crippen molar-refractivity contribution >= 4 is 5.69 Å². The number of nitrogens with one attached hydrogen (secondary N) is 2. The summed E-state index contributed by atoms with van der Waals surface area (Å²) in [5.41, 5.74) is 4.25. The lowest BCUT2D eigenvalue weighted by Gasteiger charge is -2.22. The molecule has 0 spiro atoms. The van der Waals surface area contributed by atoms with Gasteiger partial charge in [-0.15, -0.1) is 0 Å². The molecule has 1 unspecified atom stereocenters. The van der Waals surface area contributed by atoms with Crippen molar-refractivity contribution in [3.63, 3.8) is 0 Å². The van der Waals surface area contributed by atoms with Crippen LogP contribution in [0, 0.1) is 0 Å². The predicted octanol–water partition coefficient (Wildman–Crippen LogP) is 1.53. The zero-order chi connectivity index (χ0) is 10.8. The van der Waals surface area contributed by atoms with Gasteiger partial charge >= 0.3 is 0 Å². The highest BCUT2D eigenvalue weighted by Gasteiger charge is 2.18. The Morgan fingerprint density at radius 2 is 2.38 bits per heavy atom. The fraction of sp³-hybridized carbons (Fsp3) is 0.538. The van der Waals surface area contributed by atoms with Gasteiger partial charge in [0.05, 0.1) is 12.6 Å². The second kappa shape index (κ2) is 4.44. The summed E-state index contributed by atoms with van der Waals surface area (Å²) in [5.74, 6) is 0. The SMILES string of the molecule is c1cc2c(c(NC3CCOC3)c1)CCNC2. The Morgan fingerprint density at radius 3 is 3.25 bits per heavy atom. The van der Waals surface area contributed by atoms with E-state index in [1.54, 1.807) is 0 Å². The minimum atomic E-state index is 0.501. The molecule has 3 nitrogen and oxygen atoms in total. The average Bonchev–Trinajstić information content (AvgIpc) is 2.82. The predicted molar refractivity (Wildman–Crippen MR) is 64.7 cm³/mol. The van der Waals surface area contributed by atoms with E-state index in [1.807, 2.05) is 0 Å². The number of benzene rings is 1. The van der Waals surface area contributed by atoms with Gasteiger partial charge in [0.15, 0.2) is 0 Å². The van der Waals surface area contributed by atoms with Crippen LogP contribution in [-0.4, -0.2) is 25.8 Å². The Labute approximate surface area is 96.2 Å². The third kappa shape index (κ3) is 1.93. The first kappa shape index (κ1) is 10.1. The Hall–Kier alpha value is -1.06. The Morgan fingerprint density at radius 1 is 1.38 bits per heavy atom. The van der Waals surface area contributed by atoms with Crippen LogP contribution in [0.4, 0.5) is 5.69 Å². The number of anilines is 1. The lowest BCUT2D eigenvalue weighted by molar-refractivity contribution is 0.195. The first-order valence-electron chi connectivity index (χ1n) is 6.09. The van der Waals surface area contributed by atoms with Gasteiger partial charge in [0.1, 0.15) is 0 Å². The van der Waals surface area contributed by atoms with Gasteiger partial charge in [-0.3, -0.25) is 0 Å². The monoisotopic (exact) mass is 218 g/mol. The first-order valence-corrected chi connectivity index (χ1v) is 6.09. The molecule has 2 heterocycles. The standard InChI is InChI=1S/C13H18N2O/c1-2-10-8-14-6-4-12(10)13(3-1)15-11-5-7-16-9-11/h1-3,11,14-15H,4-9H2. The summed E-state index contributed by atoms with van der Waals surface area (Å²) in [6.45, 7) is 3.84. The second-order valence-electron chi connectivity index (χ2n) is 4.57. The molecule has 2 N–H and O–H groups in total. The zero-order valence-electron chi connectivity index (χ0n) is 9.46. The summed E-state index contributed by atoms with van der Waals surface area (Å²) in [6.07, 6.45) is 2.26. The van der Waals surface area contributed by atoms with Crippen LogP contribution in [-0.2, 0) is 17.7 Å². The molecule has 3 rings (SSSR count). The molecule has 2 aliphatic rings. The largest absolute Gasteiger partial charge is 0.380 e. The first-order chi connectivity index (χ1) is 7.93. The lowest BCUT2D eigenvalue weighted by Crippen LogP contribution is -2.26. The van der Waals surface area contributed by atoms with Gasteiger partial charge in [-0.05, 0) is 36.6 Å². The third-order valence-corrected chi connectivity index (χ3v) is 3.43. The fourth-order valence-electron chi connectivity index (χ4n) is 2.54. The van der Waals surface area contributed by atoms with Gasteiger partial charge < -0.3 is 15.4 Å². The van der Waals surface area contributed by atoms with E-state index in [0.717, 1.165) is 39.1 Å². The molecule has 1 aromatic rings. The number of hydrogen-bond donors (Lipinski definition) is 2. The van der Waals surface area contributed by atoms with Crippen LogP contribution in [0.2, 0.25) is 0 Å². The van der Waals surface area contributed by atoms with Gasteiger partial charge in [0.2, 0.25) is 0 Å². The minimum absolute atomic E-state index is 0.501. The van der Waals surface area contributed by atoms with Gasteiger partial charge in [-0.25, -0.2) is 0 Å². The van der Waals surface area contributed by atoms with E-state index in [1.165, 1.54) is 16.8 Å². The molecule has 1 aromatic carbocycles. The second-order valence-corrected chi connectivity index (χ2v) is 4.57. The van der Waals surface area contributed by atoms with Crippen LogP contribution in [0.25, 0.3) is 0 Å². The van der Waals surface area contributed by atoms with E-state index in [2.05, 4.69) is 28.8 Å². The fourth-order valence-corrected chi connectivity index (χ4v) is 2.54. The van der Waals surface area contributed by atoms with Crippen LogP contribution in [0.5, 0.6) is 0 Å². The van der Waals surface area contributed by atoms with Crippen molar-refractivity contribution in [2.24, 2.45) is 0 Å². The van der Waals surface area contributed by atoms with Gasteiger partial charge in [-0.2, -0.15) is 0 Å². The van der Waals surface area contributed by atoms with E-state index < -0.39 is 0 Å². The van der Waals surface area contributed by atoms with E-state index in [-0.39, 0.29) is 0 Å². The summed E-state index contributed by atoms with van der Waals surface area (Å²) in [6, 6.07) is 7.06. The molecule has 1 fully saturated rings. The van der Waals surface area contributed by atoms with E-state index in [9.17, 15) is 0 Å². The molecule has 86 valence electrons. The van der Waals surface area contributed by atoms with E-state index in [4.69, 9.17) is 4.74 Å². The highest BCUT2D eigenvalue weighted by molar-refractivity contribution is 5.56. The molecule has 1 atom stereocenters. The van der Waals surface area contributed by atoms with Crippen molar-refractivity contribution in [2.45, 2.75) is 25.4 Å². The highest BCUT2D eigenvalue weighted by Crippen LogP contribution is 2.24. The molecule has 0 radical (unpaired) electrons. The van der Waals surface area contributed by atoms with E-state index >= 15 is 0 Å². The van der Waals surface area contributed by atoms with Crippen LogP contribution >= 0.6 is 0 Å². The van der Waals surface area contributed by atoms with Crippen LogP contribution < -0.4 is 10.6 Å². The normalized spacial score (nSPS) is 24.1. The van der Waals surface area contributed by atoms with Crippen molar-refractivity contribution in [1.29, 1.82) is 0 Å². The van der Waals surface area contributed by atoms with Crippen LogP contribution in [0.15, 0.2) is 18.2 Å². The number of ether oxygens (including phenoxy) is 1. The van der Waals surface area contributed by atoms with Crippen molar-refractivity contribution in [1.82, 2.24) is 5.32 Å². The van der Waals surface area contributed by atoms with Gasteiger partial charge in [0.25, 0.3) is 0 Å². The third-order valence-electron chi connectivity index (χ3n) is 3.43. The average molecular weight is 218 g/mol. The number of rotatable bonds is 2. The summed E-state index contributed by atoms with van der Waals surface area (Å²) in [5, 5.41) is 7.03. The molecular formula is C13H18N2O. The minimum Gasteiger partial charge on any atom is -0.380 e. The van der Waals surface area contributed by atoms with Crippen molar-refractivity contribution in [3.05, 3.63) is 29.3 Å². The molecular weight excluding hydrogens is 200 g/mol. The summed E-state index contributed by atoms with van der Waals surface area (Å²) >= 11 is 0. The van der Waals surface area contributed by atoms with Gasteiger partial charge in [-0.1, -0.05) is 12.1 Å². The summed E-state index contributed by atoms with van der Waals surface area (Å²) < 4.78 is 5.40. The maximum absolute atomic E-state index is 5.40. The van der Waals surface area contributed by atoms with Crippen molar-refractivity contribution in [3.8, 4) is 0 Å². The van der Waals surface area contributed by atoms with Crippen molar-refractivity contribution in [2.75, 3.05) is 25.1 Å². The lowest BCUT2D eigenvalue weighted by atomic mass is 9.98. The topological polar surface area (TPSA) is 33.3 Å².